The number of aromatic nitrogens is 1. The Labute approximate surface area is 116 Å². The van der Waals surface area contributed by atoms with E-state index < -0.39 is 31.7 Å². The first-order valence-corrected chi connectivity index (χ1v) is 5.76. The normalized spacial score (nSPS) is 26.7. The van der Waals surface area contributed by atoms with Crippen molar-refractivity contribution in [3.8, 4) is 5.75 Å². The molecule has 0 N–H and O–H groups in total. The Morgan fingerprint density at radius 2 is 2.06 bits per heavy atom. The van der Waals surface area contributed by atoms with Crippen molar-refractivity contribution in [2.75, 3.05) is 6.56 Å². The van der Waals surface area contributed by atoms with E-state index in [1.165, 1.54) is 18.3 Å². The van der Waals surface area contributed by atoms with Crippen LogP contribution in [-0.2, 0) is 9.31 Å². The topological polar surface area (TPSA) is 40.6 Å². The Bertz CT molecular complexity index is 575. The molecule has 0 aliphatic carbocycles. The summed E-state index contributed by atoms with van der Waals surface area (Å²) in [6.07, 6.45) is 1.39. The molecule has 1 saturated heterocycles. The Morgan fingerprint density at radius 1 is 1.39 bits per heavy atom. The average Bonchev–Trinajstić information content (AvgIpc) is 2.57. The Kier molecular flexibility index (Phi) is 2.07. The molecular weight excluding hydrogens is 229 g/mol. The quantitative estimate of drug-likeness (QED) is 0.771. The third-order valence-electron chi connectivity index (χ3n) is 3.42. The number of nitrogens with zero attached hydrogens (tertiary/aromatic N) is 1. The SMILES string of the molecule is [2H]C([2H])([2H])C([2H])([2H])Oc1ccnc(B2OC(C)(C)C(C)(C)O2)c1. The van der Waals surface area contributed by atoms with Gasteiger partial charge in [-0.15, -0.1) is 0 Å². The molecule has 0 unspecified atom stereocenters. The van der Waals surface area contributed by atoms with Gasteiger partial charge in [-0.3, -0.25) is 4.98 Å². The van der Waals surface area contributed by atoms with Crippen LogP contribution < -0.4 is 10.3 Å². The largest absolute Gasteiger partial charge is 0.514 e. The zero-order valence-electron chi connectivity index (χ0n) is 16.0. The molecule has 0 radical (unpaired) electrons. The first-order valence-electron chi connectivity index (χ1n) is 8.26. The standard InChI is InChI=1S/C13H20BNO3/c1-6-16-10-7-8-15-11(9-10)14-17-12(2,3)13(4,5)18-14/h7-9H,6H2,1-5H3/i1D3,6D2. The smallest absolute Gasteiger partial charge is 0.494 e. The van der Waals surface area contributed by atoms with E-state index in [1.54, 1.807) is 0 Å². The van der Waals surface area contributed by atoms with Crippen LogP contribution in [0.2, 0.25) is 0 Å². The van der Waals surface area contributed by atoms with Gasteiger partial charge in [-0.05, 0) is 46.7 Å². The first-order chi connectivity index (χ1) is 10.3. The van der Waals surface area contributed by atoms with Crippen molar-refractivity contribution in [1.29, 1.82) is 0 Å². The van der Waals surface area contributed by atoms with E-state index in [0.717, 1.165) is 0 Å². The van der Waals surface area contributed by atoms with E-state index in [4.69, 9.17) is 20.9 Å². The predicted octanol–water partition coefficient (Wildman–Crippen LogP) is 1.78. The number of pyridine rings is 1. The zero-order valence-corrected chi connectivity index (χ0v) is 11.0. The molecule has 98 valence electrons. The van der Waals surface area contributed by atoms with Crippen molar-refractivity contribution in [2.45, 2.75) is 45.7 Å². The van der Waals surface area contributed by atoms with Crippen LogP contribution in [0.3, 0.4) is 0 Å². The summed E-state index contributed by atoms with van der Waals surface area (Å²) >= 11 is 0. The molecule has 1 fully saturated rings. The van der Waals surface area contributed by atoms with Crippen LogP contribution in [0, 0.1) is 0 Å². The van der Waals surface area contributed by atoms with E-state index in [1.807, 2.05) is 27.7 Å². The lowest BCUT2D eigenvalue weighted by Crippen LogP contribution is -2.41. The molecule has 0 atom stereocenters. The molecule has 5 heteroatoms. The minimum Gasteiger partial charge on any atom is -0.494 e. The predicted molar refractivity (Wildman–Crippen MR) is 71.1 cm³/mol. The van der Waals surface area contributed by atoms with Gasteiger partial charge in [0.15, 0.2) is 0 Å². The molecule has 0 amide bonds. The molecule has 0 aromatic carbocycles. The maximum absolute atomic E-state index is 7.52. The van der Waals surface area contributed by atoms with Crippen LogP contribution in [0.4, 0.5) is 0 Å². The van der Waals surface area contributed by atoms with E-state index in [9.17, 15) is 0 Å². The summed E-state index contributed by atoms with van der Waals surface area (Å²) in [5.74, 6) is 0.0471. The van der Waals surface area contributed by atoms with E-state index in [2.05, 4.69) is 4.98 Å². The van der Waals surface area contributed by atoms with Gasteiger partial charge in [0.2, 0.25) is 0 Å². The second kappa shape index (κ2) is 4.55. The van der Waals surface area contributed by atoms with Gasteiger partial charge in [0, 0.05) is 10.3 Å². The van der Waals surface area contributed by atoms with Gasteiger partial charge in [0.25, 0.3) is 0 Å². The molecule has 18 heavy (non-hydrogen) atoms. The molecule has 2 heterocycles. The third-order valence-corrected chi connectivity index (χ3v) is 3.42. The van der Waals surface area contributed by atoms with Gasteiger partial charge in [0.05, 0.1) is 26.1 Å². The van der Waals surface area contributed by atoms with Gasteiger partial charge in [0.1, 0.15) is 5.75 Å². The zero-order chi connectivity index (χ0) is 17.7. The Balaban J connectivity index is 2.22. The minimum atomic E-state index is -2.90. The molecule has 2 rings (SSSR count). The first kappa shape index (κ1) is 8.18. The highest BCUT2D eigenvalue weighted by Gasteiger charge is 2.52. The molecule has 1 aromatic rings. The average molecular weight is 254 g/mol. The minimum absolute atomic E-state index is 0.0471. The molecule has 1 aliphatic rings. The van der Waals surface area contributed by atoms with Crippen LogP contribution in [0.15, 0.2) is 18.3 Å². The Morgan fingerprint density at radius 3 is 2.67 bits per heavy atom. The maximum Gasteiger partial charge on any atom is 0.514 e. The monoisotopic (exact) mass is 254 g/mol. The lowest BCUT2D eigenvalue weighted by atomic mass is 9.84. The fraction of sp³-hybridized carbons (Fsp3) is 0.615. The van der Waals surface area contributed by atoms with Gasteiger partial charge in [-0.25, -0.2) is 0 Å². The van der Waals surface area contributed by atoms with Crippen LogP contribution in [0.5, 0.6) is 5.75 Å². The molecule has 0 saturated carbocycles. The van der Waals surface area contributed by atoms with Crippen molar-refractivity contribution in [1.82, 2.24) is 4.98 Å². The highest BCUT2D eigenvalue weighted by molar-refractivity contribution is 6.61. The van der Waals surface area contributed by atoms with Gasteiger partial charge in [-0.2, -0.15) is 0 Å². The fourth-order valence-corrected chi connectivity index (χ4v) is 1.64. The molecular formula is C13H20BNO3. The van der Waals surface area contributed by atoms with Gasteiger partial charge in [-0.1, -0.05) is 0 Å². The fourth-order valence-electron chi connectivity index (χ4n) is 1.64. The molecule has 4 nitrogen and oxygen atoms in total. The van der Waals surface area contributed by atoms with Crippen molar-refractivity contribution >= 4 is 12.7 Å². The summed E-state index contributed by atoms with van der Waals surface area (Å²) < 4.78 is 53.3. The van der Waals surface area contributed by atoms with Gasteiger partial charge < -0.3 is 14.0 Å². The van der Waals surface area contributed by atoms with Crippen LogP contribution in [0.1, 0.15) is 41.4 Å². The third kappa shape index (κ3) is 2.38. The van der Waals surface area contributed by atoms with E-state index in [-0.39, 0.29) is 5.75 Å². The maximum atomic E-state index is 7.52. The molecule has 1 aliphatic heterocycles. The van der Waals surface area contributed by atoms with Gasteiger partial charge >= 0.3 is 7.12 Å². The van der Waals surface area contributed by atoms with Crippen molar-refractivity contribution in [3.05, 3.63) is 18.3 Å². The lowest BCUT2D eigenvalue weighted by Gasteiger charge is -2.32. The highest BCUT2D eigenvalue weighted by Crippen LogP contribution is 2.36. The van der Waals surface area contributed by atoms with E-state index >= 15 is 0 Å². The second-order valence-corrected chi connectivity index (χ2v) is 5.21. The molecule has 1 aromatic heterocycles. The number of rotatable bonds is 3. The number of ether oxygens (including phenoxy) is 1. The number of hydrogen-bond donors (Lipinski definition) is 0. The van der Waals surface area contributed by atoms with Crippen LogP contribution in [0.25, 0.3) is 0 Å². The summed E-state index contributed by atoms with van der Waals surface area (Å²) in [4.78, 5) is 4.15. The van der Waals surface area contributed by atoms with Crippen molar-refractivity contribution in [3.63, 3.8) is 0 Å². The highest BCUT2D eigenvalue weighted by atomic mass is 16.7. The number of hydrogen-bond acceptors (Lipinski definition) is 4. The molecule has 0 bridgehead atoms. The summed E-state index contributed by atoms with van der Waals surface area (Å²) in [7, 11) is -0.734. The summed E-state index contributed by atoms with van der Waals surface area (Å²) in [5.41, 5.74) is -0.685. The van der Waals surface area contributed by atoms with Crippen LogP contribution in [-0.4, -0.2) is 29.9 Å². The second-order valence-electron chi connectivity index (χ2n) is 5.21. The lowest BCUT2D eigenvalue weighted by molar-refractivity contribution is 0.00578. The summed E-state index contributed by atoms with van der Waals surface area (Å²) in [6, 6.07) is 2.81. The Hall–Kier alpha value is -1.07. The molecule has 0 spiro atoms. The van der Waals surface area contributed by atoms with Crippen LogP contribution >= 0.6 is 0 Å². The van der Waals surface area contributed by atoms with E-state index in [0.29, 0.717) is 5.59 Å². The summed E-state index contributed by atoms with van der Waals surface area (Å²) in [5, 5.41) is 0. The van der Waals surface area contributed by atoms with Crippen molar-refractivity contribution in [2.24, 2.45) is 0 Å². The summed E-state index contributed by atoms with van der Waals surface area (Å²) in [6.45, 7) is 1.91. The van der Waals surface area contributed by atoms with Crippen molar-refractivity contribution < 1.29 is 20.9 Å².